The molecule has 1 N–H and O–H groups in total. The minimum Gasteiger partial charge on any atom is -0.444 e. The summed E-state index contributed by atoms with van der Waals surface area (Å²) in [5.74, 6) is -1.06. The highest BCUT2D eigenvalue weighted by Crippen LogP contribution is 2.24. The third-order valence-electron chi connectivity index (χ3n) is 4.34. The van der Waals surface area contributed by atoms with Crippen LogP contribution in [-0.2, 0) is 9.53 Å². The molecule has 0 aliphatic rings. The van der Waals surface area contributed by atoms with Gasteiger partial charge in [0.25, 0.3) is 5.91 Å². The van der Waals surface area contributed by atoms with E-state index >= 15 is 0 Å². The highest BCUT2D eigenvalue weighted by molar-refractivity contribution is 6.00. The highest BCUT2D eigenvalue weighted by atomic mass is 16.6. The van der Waals surface area contributed by atoms with E-state index < -0.39 is 18.0 Å². The molecule has 0 saturated heterocycles. The van der Waals surface area contributed by atoms with Gasteiger partial charge in [0.05, 0.1) is 5.69 Å². The van der Waals surface area contributed by atoms with Crippen LogP contribution in [0.2, 0.25) is 0 Å². The minimum atomic E-state index is -1.20. The molecule has 1 amide bonds. The number of anilines is 1. The number of carbonyl (C=O) groups excluding carboxylic acids is 3. The van der Waals surface area contributed by atoms with Gasteiger partial charge in [-0.25, -0.2) is 4.79 Å². The smallest absolute Gasteiger partial charge is 0.344 e. The number of rotatable bonds is 6. The van der Waals surface area contributed by atoms with E-state index in [0.29, 0.717) is 28.3 Å². The van der Waals surface area contributed by atoms with E-state index in [1.165, 1.54) is 6.92 Å². The van der Waals surface area contributed by atoms with E-state index in [1.54, 1.807) is 68.4 Å². The first kappa shape index (κ1) is 20.0. The van der Waals surface area contributed by atoms with Crippen LogP contribution in [0.15, 0.2) is 59.1 Å². The lowest BCUT2D eigenvalue weighted by molar-refractivity contribution is -0.125. The molecule has 0 bridgehead atoms. The molecule has 0 saturated carbocycles. The number of amides is 1. The molecule has 2 aromatic carbocycles. The number of esters is 1. The first-order chi connectivity index (χ1) is 13.9. The van der Waals surface area contributed by atoms with Crippen molar-refractivity contribution in [3.63, 3.8) is 0 Å². The number of aromatic nitrogens is 1. The lowest BCUT2D eigenvalue weighted by atomic mass is 10.1. The Balaban J connectivity index is 1.88. The molecule has 1 atom stereocenters. The van der Waals surface area contributed by atoms with E-state index in [9.17, 15) is 14.4 Å². The number of hydrogen-bond donors (Lipinski definition) is 1. The Morgan fingerprint density at radius 2 is 1.76 bits per heavy atom. The van der Waals surface area contributed by atoms with Gasteiger partial charge in [-0.05, 0) is 32.9 Å². The molecular formula is C22H20N2O5. The Labute approximate surface area is 167 Å². The van der Waals surface area contributed by atoms with Crippen molar-refractivity contribution >= 4 is 23.3 Å². The Kier molecular flexibility index (Phi) is 5.87. The van der Waals surface area contributed by atoms with Gasteiger partial charge in [0, 0.05) is 16.8 Å². The molecule has 0 spiro atoms. The number of aryl methyl sites for hydroxylation is 2. The second-order valence-electron chi connectivity index (χ2n) is 6.52. The fourth-order valence-electron chi connectivity index (χ4n) is 2.86. The standard InChI is InChI=1S/C22H20N2O5/c1-13-19(15(3)29-24-13)22(27)28-20(16-8-5-4-6-9-16)21(26)23-18-11-7-10-17(12-18)14(2)25/h4-12,20H,1-3H3,(H,23,26)/t20-/m0/s1. The molecule has 0 fully saturated rings. The maximum absolute atomic E-state index is 13.0. The summed E-state index contributed by atoms with van der Waals surface area (Å²) in [4.78, 5) is 37.2. The summed E-state index contributed by atoms with van der Waals surface area (Å²) < 4.78 is 10.5. The molecule has 1 heterocycles. The van der Waals surface area contributed by atoms with Crippen LogP contribution >= 0.6 is 0 Å². The predicted molar refractivity (Wildman–Crippen MR) is 106 cm³/mol. The van der Waals surface area contributed by atoms with Crippen LogP contribution in [-0.4, -0.2) is 22.8 Å². The van der Waals surface area contributed by atoms with Crippen molar-refractivity contribution in [3.05, 3.63) is 82.7 Å². The second-order valence-corrected chi connectivity index (χ2v) is 6.52. The normalized spacial score (nSPS) is 11.6. The van der Waals surface area contributed by atoms with E-state index in [4.69, 9.17) is 9.26 Å². The Morgan fingerprint density at radius 1 is 1.03 bits per heavy atom. The van der Waals surface area contributed by atoms with Gasteiger partial charge in [-0.3, -0.25) is 9.59 Å². The Morgan fingerprint density at radius 3 is 2.38 bits per heavy atom. The summed E-state index contributed by atoms with van der Waals surface area (Å²) in [5.41, 5.74) is 1.97. The van der Waals surface area contributed by atoms with Crippen molar-refractivity contribution in [1.29, 1.82) is 0 Å². The molecule has 29 heavy (non-hydrogen) atoms. The number of carbonyl (C=O) groups is 3. The molecule has 1 aromatic heterocycles. The van der Waals surface area contributed by atoms with Gasteiger partial charge in [0.2, 0.25) is 6.10 Å². The zero-order valence-corrected chi connectivity index (χ0v) is 16.3. The van der Waals surface area contributed by atoms with Crippen molar-refractivity contribution in [2.75, 3.05) is 5.32 Å². The summed E-state index contributed by atoms with van der Waals surface area (Å²) in [7, 11) is 0. The van der Waals surface area contributed by atoms with Crippen LogP contribution in [0.3, 0.4) is 0 Å². The van der Waals surface area contributed by atoms with Crippen molar-refractivity contribution in [1.82, 2.24) is 5.16 Å². The minimum absolute atomic E-state index is 0.120. The number of ketones is 1. The van der Waals surface area contributed by atoms with Gasteiger partial charge in [0.1, 0.15) is 11.3 Å². The third kappa shape index (κ3) is 4.57. The van der Waals surface area contributed by atoms with Gasteiger partial charge in [-0.1, -0.05) is 47.6 Å². The molecule has 0 unspecified atom stereocenters. The second kappa shape index (κ2) is 8.52. The molecule has 7 heteroatoms. The van der Waals surface area contributed by atoms with Crippen LogP contribution < -0.4 is 5.32 Å². The lowest BCUT2D eigenvalue weighted by Gasteiger charge is -2.18. The van der Waals surface area contributed by atoms with Gasteiger partial charge >= 0.3 is 5.97 Å². The van der Waals surface area contributed by atoms with Gasteiger partial charge in [0.15, 0.2) is 5.78 Å². The van der Waals surface area contributed by atoms with Crippen molar-refractivity contribution < 1.29 is 23.6 Å². The van der Waals surface area contributed by atoms with Crippen molar-refractivity contribution in [3.8, 4) is 0 Å². The van der Waals surface area contributed by atoms with Crippen molar-refractivity contribution in [2.24, 2.45) is 0 Å². The summed E-state index contributed by atoms with van der Waals surface area (Å²) in [5, 5.41) is 6.46. The fourth-order valence-corrected chi connectivity index (χ4v) is 2.86. The van der Waals surface area contributed by atoms with Crippen LogP contribution in [0, 0.1) is 13.8 Å². The highest BCUT2D eigenvalue weighted by Gasteiger charge is 2.28. The molecule has 0 aliphatic heterocycles. The van der Waals surface area contributed by atoms with Crippen LogP contribution in [0.25, 0.3) is 0 Å². The lowest BCUT2D eigenvalue weighted by Crippen LogP contribution is -2.26. The first-order valence-corrected chi connectivity index (χ1v) is 8.97. The summed E-state index contributed by atoms with van der Waals surface area (Å²) in [6, 6.07) is 15.2. The number of nitrogens with zero attached hydrogens (tertiary/aromatic N) is 1. The number of hydrogen-bond acceptors (Lipinski definition) is 6. The van der Waals surface area contributed by atoms with Crippen LogP contribution in [0.4, 0.5) is 5.69 Å². The third-order valence-corrected chi connectivity index (χ3v) is 4.34. The SMILES string of the molecule is CC(=O)c1cccc(NC(=O)[C@@H](OC(=O)c2c(C)noc2C)c2ccccc2)c1. The average molecular weight is 392 g/mol. The largest absolute Gasteiger partial charge is 0.444 e. The summed E-state index contributed by atoms with van der Waals surface area (Å²) in [6.07, 6.45) is -1.20. The molecule has 0 radical (unpaired) electrons. The van der Waals surface area contributed by atoms with Crippen molar-refractivity contribution in [2.45, 2.75) is 26.9 Å². The van der Waals surface area contributed by atoms with Crippen LogP contribution in [0.1, 0.15) is 50.8 Å². The van der Waals surface area contributed by atoms with Gasteiger partial charge in [-0.2, -0.15) is 0 Å². The maximum atomic E-state index is 13.0. The first-order valence-electron chi connectivity index (χ1n) is 8.97. The van der Waals surface area contributed by atoms with Gasteiger partial charge in [-0.15, -0.1) is 0 Å². The summed E-state index contributed by atoms with van der Waals surface area (Å²) in [6.45, 7) is 4.67. The fraction of sp³-hybridized carbons (Fsp3) is 0.182. The monoisotopic (exact) mass is 392 g/mol. The predicted octanol–water partition coefficient (Wildman–Crippen LogP) is 4.03. The summed E-state index contributed by atoms with van der Waals surface area (Å²) >= 11 is 0. The van der Waals surface area contributed by atoms with E-state index in [2.05, 4.69) is 10.5 Å². The quantitative estimate of drug-likeness (QED) is 0.502. The maximum Gasteiger partial charge on any atom is 0.344 e. The molecule has 3 aromatic rings. The van der Waals surface area contributed by atoms with Gasteiger partial charge < -0.3 is 14.6 Å². The topological polar surface area (TPSA) is 98.5 Å². The van der Waals surface area contributed by atoms with E-state index in [0.717, 1.165) is 0 Å². The Bertz CT molecular complexity index is 1040. The molecule has 7 nitrogen and oxygen atoms in total. The molecule has 3 rings (SSSR count). The number of benzene rings is 2. The zero-order chi connectivity index (χ0) is 21.0. The van der Waals surface area contributed by atoms with Crippen LogP contribution in [0.5, 0.6) is 0 Å². The molecular weight excluding hydrogens is 372 g/mol. The number of nitrogens with one attached hydrogen (secondary N) is 1. The zero-order valence-electron chi connectivity index (χ0n) is 16.3. The average Bonchev–Trinajstić information content (AvgIpc) is 3.05. The number of Topliss-reactive ketones (excluding diaryl/α,β-unsaturated/α-hetero) is 1. The van der Waals surface area contributed by atoms with E-state index in [1.807, 2.05) is 0 Å². The van der Waals surface area contributed by atoms with E-state index in [-0.39, 0.29) is 11.3 Å². The Hall–Kier alpha value is -3.74. The molecule has 0 aliphatic carbocycles. The number of ether oxygens (including phenoxy) is 1. The molecule has 148 valence electrons.